The van der Waals surface area contributed by atoms with Gasteiger partial charge in [-0.1, -0.05) is 54.1 Å². The molecule has 1 aromatic heterocycles. The van der Waals surface area contributed by atoms with Gasteiger partial charge in [0.25, 0.3) is 5.91 Å². The monoisotopic (exact) mass is 608 g/mol. The Morgan fingerprint density at radius 3 is 2.00 bits per heavy atom. The van der Waals surface area contributed by atoms with E-state index in [4.69, 9.17) is 11.6 Å². The van der Waals surface area contributed by atoms with E-state index in [0.29, 0.717) is 28.5 Å². The molecule has 0 atom stereocenters. The third-order valence-electron chi connectivity index (χ3n) is 6.16. The first kappa shape index (κ1) is 30.6. The Labute approximate surface area is 241 Å². The summed E-state index contributed by atoms with van der Waals surface area (Å²) in [5, 5.41) is 7.51. The number of carbonyl (C=O) groups excluding carboxylic acids is 2. The molecule has 2 amide bonds. The summed E-state index contributed by atoms with van der Waals surface area (Å²) in [4.78, 5) is 27.3. The lowest BCUT2D eigenvalue weighted by Crippen LogP contribution is -2.42. The van der Waals surface area contributed by atoms with Crippen molar-refractivity contribution in [2.75, 3.05) is 11.9 Å². The minimum Gasteiger partial charge on any atom is -0.327 e. The van der Waals surface area contributed by atoms with Gasteiger partial charge in [-0.3, -0.25) is 9.59 Å². The summed E-state index contributed by atoms with van der Waals surface area (Å²) in [6.07, 6.45) is -10.3. The number of alkyl halides is 6. The highest BCUT2D eigenvalue weighted by molar-refractivity contribution is 6.32. The fraction of sp³-hybridized carbons (Fsp3) is 0.207. The van der Waals surface area contributed by atoms with E-state index in [-0.39, 0.29) is 11.9 Å². The summed E-state index contributed by atoms with van der Waals surface area (Å²) in [6, 6.07) is 17.1. The van der Waals surface area contributed by atoms with Crippen molar-refractivity contribution < 1.29 is 35.9 Å². The Morgan fingerprint density at radius 2 is 1.45 bits per heavy atom. The third-order valence-corrected chi connectivity index (χ3v) is 6.48. The van der Waals surface area contributed by atoms with Crippen LogP contribution in [-0.4, -0.2) is 39.1 Å². The number of benzene rings is 3. The van der Waals surface area contributed by atoms with Gasteiger partial charge in [0.15, 0.2) is 0 Å². The molecule has 6 nitrogen and oxygen atoms in total. The molecule has 220 valence electrons. The number of aromatic nitrogens is 2. The van der Waals surface area contributed by atoms with Gasteiger partial charge in [-0.05, 0) is 44.2 Å². The van der Waals surface area contributed by atoms with Gasteiger partial charge in [-0.25, -0.2) is 4.68 Å². The molecule has 0 aliphatic heterocycles. The summed E-state index contributed by atoms with van der Waals surface area (Å²) in [5.74, 6) is -1.78. The molecule has 0 saturated heterocycles. The summed E-state index contributed by atoms with van der Waals surface area (Å²) in [7, 11) is 0. The molecule has 4 aromatic rings. The van der Waals surface area contributed by atoms with Crippen molar-refractivity contribution in [2.24, 2.45) is 0 Å². The quantitative estimate of drug-likeness (QED) is 0.219. The van der Waals surface area contributed by atoms with E-state index >= 15 is 0 Å². The number of rotatable bonds is 7. The maximum absolute atomic E-state index is 13.4. The molecule has 0 aliphatic rings. The number of hydrogen-bond acceptors (Lipinski definition) is 3. The third kappa shape index (κ3) is 6.93. The van der Waals surface area contributed by atoms with Crippen molar-refractivity contribution >= 4 is 29.2 Å². The first-order chi connectivity index (χ1) is 19.6. The zero-order valence-electron chi connectivity index (χ0n) is 22.1. The van der Waals surface area contributed by atoms with Crippen LogP contribution in [0, 0.1) is 0 Å². The summed E-state index contributed by atoms with van der Waals surface area (Å²) in [5.41, 5.74) is -2.49. The minimum absolute atomic E-state index is 0.0661. The first-order valence-corrected chi connectivity index (χ1v) is 12.8. The average Bonchev–Trinajstić information content (AvgIpc) is 3.34. The van der Waals surface area contributed by atoms with Crippen LogP contribution >= 0.6 is 11.6 Å². The molecule has 0 spiro atoms. The number of amides is 2. The summed E-state index contributed by atoms with van der Waals surface area (Å²) >= 11 is 6.36. The van der Waals surface area contributed by atoms with E-state index in [1.54, 1.807) is 54.6 Å². The van der Waals surface area contributed by atoms with E-state index in [2.05, 4.69) is 10.4 Å². The van der Waals surface area contributed by atoms with Crippen molar-refractivity contribution in [1.82, 2.24) is 14.7 Å². The molecule has 13 heteroatoms. The average molecular weight is 609 g/mol. The molecule has 0 bridgehead atoms. The normalized spacial score (nSPS) is 12.0. The van der Waals surface area contributed by atoms with Gasteiger partial charge in [0.05, 0.1) is 27.5 Å². The van der Waals surface area contributed by atoms with Crippen LogP contribution in [0.25, 0.3) is 16.9 Å². The molecule has 1 heterocycles. The molecule has 0 radical (unpaired) electrons. The SMILES string of the molecule is CC(C)N(CC(=O)Nc1cc(-c2ccccc2)nn1-c1ccccc1Cl)C(=O)c1cc(C(F)(F)F)cc(C(F)(F)F)c1. The molecular formula is C29H23ClF6N4O2. The van der Waals surface area contributed by atoms with Crippen molar-refractivity contribution in [2.45, 2.75) is 32.2 Å². The van der Waals surface area contributed by atoms with E-state index in [0.717, 1.165) is 10.5 Å². The second-order valence-electron chi connectivity index (χ2n) is 9.51. The topological polar surface area (TPSA) is 67.2 Å². The molecule has 0 fully saturated rings. The molecule has 4 rings (SSSR count). The second kappa shape index (κ2) is 11.9. The van der Waals surface area contributed by atoms with Crippen LogP contribution in [0.15, 0.2) is 78.9 Å². The number of anilines is 1. The lowest BCUT2D eigenvalue weighted by molar-refractivity contribution is -0.143. The lowest BCUT2D eigenvalue weighted by Gasteiger charge is -2.27. The van der Waals surface area contributed by atoms with Gasteiger partial charge in [-0.15, -0.1) is 0 Å². The molecule has 1 N–H and O–H groups in total. The largest absolute Gasteiger partial charge is 0.416 e. The van der Waals surface area contributed by atoms with Crippen LogP contribution < -0.4 is 5.32 Å². The van der Waals surface area contributed by atoms with Crippen LogP contribution in [0.1, 0.15) is 35.3 Å². The van der Waals surface area contributed by atoms with Gasteiger partial charge < -0.3 is 10.2 Å². The standard InChI is InChI=1S/C29H23ClF6N4O2/c1-17(2)39(27(42)19-12-20(28(31,32)33)14-21(13-19)29(34,35)36)16-26(41)37-25-15-23(18-8-4-3-5-9-18)38-40(25)24-11-7-6-10-22(24)30/h3-15,17H,16H2,1-2H3,(H,37,41). The fourth-order valence-electron chi connectivity index (χ4n) is 4.10. The number of carbonyl (C=O) groups is 2. The Balaban J connectivity index is 1.66. The van der Waals surface area contributed by atoms with E-state index in [1.807, 2.05) is 6.07 Å². The molecular weight excluding hydrogens is 586 g/mol. The van der Waals surface area contributed by atoms with Crippen molar-refractivity contribution in [3.8, 4) is 16.9 Å². The number of para-hydroxylation sites is 1. The van der Waals surface area contributed by atoms with Gasteiger partial charge in [0.1, 0.15) is 12.4 Å². The van der Waals surface area contributed by atoms with E-state index < -0.39 is 53.4 Å². The van der Waals surface area contributed by atoms with Gasteiger partial charge in [0.2, 0.25) is 5.91 Å². The summed E-state index contributed by atoms with van der Waals surface area (Å²) in [6.45, 7) is 2.28. The second-order valence-corrected chi connectivity index (χ2v) is 9.92. The molecule has 0 aliphatic carbocycles. The lowest BCUT2D eigenvalue weighted by atomic mass is 10.0. The van der Waals surface area contributed by atoms with Gasteiger partial charge >= 0.3 is 12.4 Å². The van der Waals surface area contributed by atoms with E-state index in [1.165, 1.54) is 18.5 Å². The maximum atomic E-state index is 13.4. The number of hydrogen-bond donors (Lipinski definition) is 1. The summed E-state index contributed by atoms with van der Waals surface area (Å²) < 4.78 is 81.6. The predicted octanol–water partition coefficient (Wildman–Crippen LogP) is 7.72. The smallest absolute Gasteiger partial charge is 0.327 e. The van der Waals surface area contributed by atoms with Crippen molar-refractivity contribution in [3.05, 3.63) is 101 Å². The van der Waals surface area contributed by atoms with Crippen molar-refractivity contribution in [3.63, 3.8) is 0 Å². The van der Waals surface area contributed by atoms with Crippen molar-refractivity contribution in [1.29, 1.82) is 0 Å². The Hall–Kier alpha value is -4.32. The number of nitrogens with one attached hydrogen (secondary N) is 1. The van der Waals surface area contributed by atoms with Crippen LogP contribution in [-0.2, 0) is 17.1 Å². The highest BCUT2D eigenvalue weighted by atomic mass is 35.5. The van der Waals surface area contributed by atoms with Gasteiger partial charge in [0, 0.05) is 23.2 Å². The molecule has 0 saturated carbocycles. The van der Waals surface area contributed by atoms with Crippen LogP contribution in [0.4, 0.5) is 32.2 Å². The molecule has 3 aromatic carbocycles. The fourth-order valence-corrected chi connectivity index (χ4v) is 4.31. The molecule has 0 unspecified atom stereocenters. The Kier molecular flexibility index (Phi) is 8.67. The minimum atomic E-state index is -5.14. The first-order valence-electron chi connectivity index (χ1n) is 12.5. The number of nitrogens with zero attached hydrogens (tertiary/aromatic N) is 3. The van der Waals surface area contributed by atoms with Crippen LogP contribution in [0.2, 0.25) is 5.02 Å². The highest BCUT2D eigenvalue weighted by Crippen LogP contribution is 2.37. The Morgan fingerprint density at radius 1 is 0.881 bits per heavy atom. The number of halogens is 7. The zero-order chi connectivity index (χ0) is 30.8. The van der Waals surface area contributed by atoms with Crippen LogP contribution in [0.5, 0.6) is 0 Å². The Bertz CT molecular complexity index is 1570. The zero-order valence-corrected chi connectivity index (χ0v) is 22.8. The predicted molar refractivity (Wildman–Crippen MR) is 145 cm³/mol. The van der Waals surface area contributed by atoms with E-state index in [9.17, 15) is 35.9 Å². The maximum Gasteiger partial charge on any atom is 0.416 e. The molecule has 42 heavy (non-hydrogen) atoms. The van der Waals surface area contributed by atoms with Gasteiger partial charge in [-0.2, -0.15) is 31.4 Å². The van der Waals surface area contributed by atoms with Crippen LogP contribution in [0.3, 0.4) is 0 Å². The highest BCUT2D eigenvalue weighted by Gasteiger charge is 2.38.